The van der Waals surface area contributed by atoms with Crippen LogP contribution < -0.4 is 20.8 Å². The number of benzene rings is 3. The molecule has 0 spiro atoms. The first-order valence-electron chi connectivity index (χ1n) is 14.2. The molecule has 43 heavy (non-hydrogen) atoms. The number of ether oxygens (including phenoxy) is 2. The predicted molar refractivity (Wildman–Crippen MR) is 162 cm³/mol. The fourth-order valence-corrected chi connectivity index (χ4v) is 6.03. The minimum absolute atomic E-state index is 0.00686. The van der Waals surface area contributed by atoms with E-state index in [4.69, 9.17) is 9.47 Å². The van der Waals surface area contributed by atoms with E-state index in [-0.39, 0.29) is 33.5 Å². The van der Waals surface area contributed by atoms with Crippen molar-refractivity contribution in [2.45, 2.75) is 6.92 Å². The normalized spacial score (nSPS) is 15.9. The maximum absolute atomic E-state index is 16.9. The fourth-order valence-electron chi connectivity index (χ4n) is 6.03. The third-order valence-corrected chi connectivity index (χ3v) is 8.16. The second kappa shape index (κ2) is 10.9. The number of morpholine rings is 2. The molecule has 3 aromatic carbocycles. The molecular weight excluding hydrogens is 556 g/mol. The quantitative estimate of drug-likeness (QED) is 0.339. The van der Waals surface area contributed by atoms with Gasteiger partial charge in [0.05, 0.1) is 59.6 Å². The number of nitrogens with zero attached hydrogens (tertiary/aromatic N) is 4. The van der Waals surface area contributed by atoms with E-state index < -0.39 is 22.6 Å². The smallest absolute Gasteiger partial charge is 0.275 e. The summed E-state index contributed by atoms with van der Waals surface area (Å²) in [6.45, 7) is 4.37. The van der Waals surface area contributed by atoms with Crippen LogP contribution in [-0.4, -0.2) is 67.1 Å². The van der Waals surface area contributed by atoms with Crippen LogP contribution in [0.1, 0.15) is 5.56 Å². The van der Waals surface area contributed by atoms with Gasteiger partial charge in [-0.2, -0.15) is 0 Å². The van der Waals surface area contributed by atoms with Crippen LogP contribution in [-0.2, 0) is 9.47 Å². The van der Waals surface area contributed by atoms with Gasteiger partial charge in [-0.1, -0.05) is 30.3 Å². The van der Waals surface area contributed by atoms with E-state index in [1.165, 1.54) is 6.20 Å². The molecule has 2 fully saturated rings. The molecule has 0 radical (unpaired) electrons. The van der Waals surface area contributed by atoms with Crippen LogP contribution >= 0.6 is 0 Å². The molecule has 5 aromatic rings. The minimum Gasteiger partial charge on any atom is -0.378 e. The number of para-hydroxylation sites is 3. The van der Waals surface area contributed by atoms with Crippen LogP contribution in [0.15, 0.2) is 64.3 Å². The van der Waals surface area contributed by atoms with Gasteiger partial charge >= 0.3 is 0 Å². The molecule has 2 aliphatic heterocycles. The Kier molecular flexibility index (Phi) is 6.91. The molecule has 7 rings (SSSR count). The third kappa shape index (κ3) is 4.56. The van der Waals surface area contributed by atoms with Crippen molar-refractivity contribution in [3.63, 3.8) is 0 Å². The van der Waals surface area contributed by atoms with E-state index in [0.29, 0.717) is 69.3 Å². The summed E-state index contributed by atoms with van der Waals surface area (Å²) in [6.07, 6.45) is 1.45. The van der Waals surface area contributed by atoms with Gasteiger partial charge in [-0.25, -0.2) is 13.8 Å². The Hall–Kier alpha value is -4.61. The molecule has 2 aromatic heterocycles. The lowest BCUT2D eigenvalue weighted by atomic mass is 10.0. The summed E-state index contributed by atoms with van der Waals surface area (Å²) in [5.41, 5.74) is 0.650. The van der Waals surface area contributed by atoms with Gasteiger partial charge in [0.2, 0.25) is 5.43 Å². The van der Waals surface area contributed by atoms with Crippen molar-refractivity contribution in [2.75, 3.05) is 62.4 Å². The molecule has 0 atom stereocenters. The van der Waals surface area contributed by atoms with E-state index in [1.807, 2.05) is 19.1 Å². The molecule has 1 N–H and O–H groups in total. The average Bonchev–Trinajstić information content (AvgIpc) is 3.03. The van der Waals surface area contributed by atoms with Gasteiger partial charge in [-0.15, -0.1) is 0 Å². The van der Waals surface area contributed by atoms with Gasteiger partial charge in [0.25, 0.3) is 5.56 Å². The molecule has 0 saturated carbocycles. The predicted octanol–water partition coefficient (Wildman–Crippen LogP) is 4.15. The second-order valence-electron chi connectivity index (χ2n) is 10.7. The maximum Gasteiger partial charge on any atom is 0.275 e. The van der Waals surface area contributed by atoms with Gasteiger partial charge in [-0.05, 0) is 30.7 Å². The van der Waals surface area contributed by atoms with E-state index in [9.17, 15) is 9.59 Å². The lowest BCUT2D eigenvalue weighted by molar-refractivity contribution is 0.121. The van der Waals surface area contributed by atoms with Gasteiger partial charge in [0, 0.05) is 38.1 Å². The molecule has 0 bridgehead atoms. The van der Waals surface area contributed by atoms with Crippen molar-refractivity contribution in [2.24, 2.45) is 0 Å². The van der Waals surface area contributed by atoms with E-state index in [2.05, 4.69) is 9.97 Å². The Morgan fingerprint density at radius 1 is 0.814 bits per heavy atom. The molecule has 9 nitrogen and oxygen atoms in total. The maximum atomic E-state index is 16.9. The highest BCUT2D eigenvalue weighted by Crippen LogP contribution is 2.40. The number of halogens is 2. The van der Waals surface area contributed by atoms with Crippen molar-refractivity contribution >= 4 is 33.3 Å². The number of aryl methyl sites for hydroxylation is 1. The fraction of sp³-hybridized carbons (Fsp3) is 0.281. The van der Waals surface area contributed by atoms with Gasteiger partial charge in [-0.3, -0.25) is 9.59 Å². The number of anilines is 2. The first-order chi connectivity index (χ1) is 20.9. The molecule has 4 heterocycles. The lowest BCUT2D eigenvalue weighted by Gasteiger charge is -2.34. The molecule has 11 heteroatoms. The molecule has 0 amide bonds. The van der Waals surface area contributed by atoms with Crippen molar-refractivity contribution in [1.29, 1.82) is 0 Å². The molecular formula is C32H29F2N5O4. The standard InChI is InChI=1S/C32H29F2N5O4/c1-19-6-2-5-9-23(19)39-18-20(27-32(41)36-22-8-4-3-7-21(22)35-27)31(40)24-28(37-10-14-42-15-11-37)25(33)30(26(34)29(24)39)38-12-16-43-17-13-38/h2-9,18H,10-17H2,1H3,(H,36,41). The molecule has 2 aliphatic rings. The van der Waals surface area contributed by atoms with E-state index >= 15 is 8.78 Å². The number of hydrogen-bond donors (Lipinski definition) is 1. The average molecular weight is 586 g/mol. The van der Waals surface area contributed by atoms with Gasteiger partial charge in [0.1, 0.15) is 11.4 Å². The summed E-state index contributed by atoms with van der Waals surface area (Å²) in [4.78, 5) is 38.6. The first-order valence-corrected chi connectivity index (χ1v) is 14.2. The summed E-state index contributed by atoms with van der Waals surface area (Å²) in [5, 5.41) is -0.149. The molecule has 0 unspecified atom stereocenters. The van der Waals surface area contributed by atoms with E-state index in [0.717, 1.165) is 5.56 Å². The number of aromatic nitrogens is 3. The number of H-pyrrole nitrogens is 1. The number of hydrogen-bond acceptors (Lipinski definition) is 7. The Labute approximate surface area is 244 Å². The zero-order valence-corrected chi connectivity index (χ0v) is 23.5. The first kappa shape index (κ1) is 27.2. The van der Waals surface area contributed by atoms with Crippen LogP contribution in [0.25, 0.3) is 38.9 Å². The summed E-state index contributed by atoms with van der Waals surface area (Å²) in [7, 11) is 0. The number of rotatable bonds is 4. The molecule has 220 valence electrons. The summed E-state index contributed by atoms with van der Waals surface area (Å²) >= 11 is 0. The minimum atomic E-state index is -0.848. The summed E-state index contributed by atoms with van der Waals surface area (Å²) < 4.78 is 46.3. The zero-order valence-electron chi connectivity index (χ0n) is 23.5. The summed E-state index contributed by atoms with van der Waals surface area (Å²) in [6, 6.07) is 14.3. The Morgan fingerprint density at radius 2 is 1.44 bits per heavy atom. The van der Waals surface area contributed by atoms with Crippen molar-refractivity contribution in [1.82, 2.24) is 14.5 Å². The van der Waals surface area contributed by atoms with Crippen molar-refractivity contribution in [3.05, 3.63) is 92.5 Å². The van der Waals surface area contributed by atoms with Crippen LogP contribution in [0, 0.1) is 18.6 Å². The highest BCUT2D eigenvalue weighted by atomic mass is 19.1. The van der Waals surface area contributed by atoms with Gasteiger partial charge in [0.15, 0.2) is 11.6 Å². The SMILES string of the molecule is Cc1ccccc1-n1cc(-c2nc3ccccc3[nH]c2=O)c(=O)c2c(N3CCOCC3)c(F)c(N3CCOCC3)c(F)c21. The Morgan fingerprint density at radius 3 is 2.14 bits per heavy atom. The highest BCUT2D eigenvalue weighted by Gasteiger charge is 2.33. The third-order valence-electron chi connectivity index (χ3n) is 8.16. The number of aromatic amines is 1. The Bertz CT molecular complexity index is 2000. The van der Waals surface area contributed by atoms with Crippen LogP contribution in [0.5, 0.6) is 0 Å². The lowest BCUT2D eigenvalue weighted by Crippen LogP contribution is -2.40. The highest BCUT2D eigenvalue weighted by molar-refractivity contribution is 5.99. The van der Waals surface area contributed by atoms with Gasteiger partial charge < -0.3 is 28.8 Å². The number of pyridine rings is 1. The van der Waals surface area contributed by atoms with Crippen LogP contribution in [0.3, 0.4) is 0 Å². The number of fused-ring (bicyclic) bond motifs is 2. The van der Waals surface area contributed by atoms with Crippen LogP contribution in [0.4, 0.5) is 20.2 Å². The Balaban J connectivity index is 1.64. The topological polar surface area (TPSA) is 92.7 Å². The molecule has 2 saturated heterocycles. The largest absolute Gasteiger partial charge is 0.378 e. The monoisotopic (exact) mass is 585 g/mol. The second-order valence-corrected chi connectivity index (χ2v) is 10.7. The van der Waals surface area contributed by atoms with Crippen molar-refractivity contribution < 1.29 is 18.3 Å². The van der Waals surface area contributed by atoms with E-state index in [1.54, 1.807) is 50.8 Å². The summed E-state index contributed by atoms with van der Waals surface area (Å²) in [5.74, 6) is -1.67. The van der Waals surface area contributed by atoms with Crippen LogP contribution in [0.2, 0.25) is 0 Å². The van der Waals surface area contributed by atoms with Crippen molar-refractivity contribution in [3.8, 4) is 16.9 Å². The number of nitrogens with one attached hydrogen (secondary N) is 1. The molecule has 0 aliphatic carbocycles. The zero-order chi connectivity index (χ0) is 29.7.